The highest BCUT2D eigenvalue weighted by Gasteiger charge is 2.37. The lowest BCUT2D eigenvalue weighted by Crippen LogP contribution is -2.60. The molecule has 2 saturated heterocycles. The van der Waals surface area contributed by atoms with Gasteiger partial charge < -0.3 is 9.64 Å². The van der Waals surface area contributed by atoms with Crippen molar-refractivity contribution in [1.82, 2.24) is 14.1 Å². The number of halogens is 1. The number of hydrogen-bond donors (Lipinski definition) is 0. The van der Waals surface area contributed by atoms with Gasteiger partial charge in [0.25, 0.3) is 0 Å². The Balaban J connectivity index is 1.68. The maximum Gasteiger partial charge on any atom is 0.410 e. The Hall–Kier alpha value is -1.35. The topological polar surface area (TPSA) is 70.2 Å². The lowest BCUT2D eigenvalue weighted by atomic mass is 9.96. The molecule has 0 aliphatic carbocycles. The van der Waals surface area contributed by atoms with Gasteiger partial charge in [-0.15, -0.1) is 0 Å². The first kappa shape index (κ1) is 24.3. The third kappa shape index (κ3) is 6.81. The predicted octanol–water partition coefficient (Wildman–Crippen LogP) is 3.23. The SMILES string of the molecule is CC(C)(C)OC(=O)N1CCC(N2CCN(S(C)(=O)=O)CC2Cc2ccc(Cl)cc2)CC1. The van der Waals surface area contributed by atoms with Gasteiger partial charge in [0.2, 0.25) is 10.0 Å². The molecule has 2 heterocycles. The Morgan fingerprint density at radius 3 is 2.26 bits per heavy atom. The summed E-state index contributed by atoms with van der Waals surface area (Å²) < 4.78 is 31.4. The van der Waals surface area contributed by atoms with Crippen LogP contribution in [0.2, 0.25) is 5.02 Å². The fourth-order valence-electron chi connectivity index (χ4n) is 4.40. The zero-order chi connectivity index (χ0) is 22.8. The quantitative estimate of drug-likeness (QED) is 0.674. The number of piperidine rings is 1. The highest BCUT2D eigenvalue weighted by Crippen LogP contribution is 2.26. The van der Waals surface area contributed by atoms with Gasteiger partial charge in [0.1, 0.15) is 5.60 Å². The van der Waals surface area contributed by atoms with E-state index in [1.54, 1.807) is 9.21 Å². The van der Waals surface area contributed by atoms with Crippen molar-refractivity contribution < 1.29 is 17.9 Å². The minimum Gasteiger partial charge on any atom is -0.444 e. The first-order valence-electron chi connectivity index (χ1n) is 10.9. The average molecular weight is 472 g/mol. The van der Waals surface area contributed by atoms with Crippen LogP contribution in [-0.2, 0) is 21.2 Å². The van der Waals surface area contributed by atoms with Crippen molar-refractivity contribution in [1.29, 1.82) is 0 Å². The average Bonchev–Trinajstić information content (AvgIpc) is 2.68. The van der Waals surface area contributed by atoms with Crippen LogP contribution in [0.5, 0.6) is 0 Å². The van der Waals surface area contributed by atoms with E-state index in [0.29, 0.717) is 43.8 Å². The van der Waals surface area contributed by atoms with Gasteiger partial charge in [-0.05, 0) is 57.7 Å². The van der Waals surface area contributed by atoms with Crippen molar-refractivity contribution in [2.75, 3.05) is 39.0 Å². The van der Waals surface area contributed by atoms with E-state index in [9.17, 15) is 13.2 Å². The van der Waals surface area contributed by atoms with E-state index in [2.05, 4.69) is 4.90 Å². The van der Waals surface area contributed by atoms with Crippen molar-refractivity contribution in [3.8, 4) is 0 Å². The summed E-state index contributed by atoms with van der Waals surface area (Å²) in [5.74, 6) is 0. The van der Waals surface area contributed by atoms with Crippen LogP contribution < -0.4 is 0 Å². The second-order valence-corrected chi connectivity index (χ2v) is 12.0. The monoisotopic (exact) mass is 471 g/mol. The fourth-order valence-corrected chi connectivity index (χ4v) is 5.39. The van der Waals surface area contributed by atoms with Gasteiger partial charge in [-0.2, -0.15) is 4.31 Å². The Labute approximate surface area is 191 Å². The number of carbonyl (C=O) groups is 1. The van der Waals surface area contributed by atoms with Gasteiger partial charge in [-0.3, -0.25) is 4.90 Å². The summed E-state index contributed by atoms with van der Waals surface area (Å²) in [7, 11) is -3.23. The van der Waals surface area contributed by atoms with E-state index in [1.807, 2.05) is 45.0 Å². The summed E-state index contributed by atoms with van der Waals surface area (Å²) in [5, 5.41) is 0.691. The predicted molar refractivity (Wildman–Crippen MR) is 123 cm³/mol. The molecule has 1 unspecified atom stereocenters. The molecule has 7 nitrogen and oxygen atoms in total. The Bertz CT molecular complexity index is 862. The van der Waals surface area contributed by atoms with E-state index in [0.717, 1.165) is 24.8 Å². The number of amides is 1. The number of piperazine rings is 1. The molecular formula is C22H34ClN3O4S. The van der Waals surface area contributed by atoms with Gasteiger partial charge in [0, 0.05) is 49.8 Å². The lowest BCUT2D eigenvalue weighted by Gasteiger charge is -2.47. The number of ether oxygens (including phenoxy) is 1. The third-order valence-corrected chi connectivity index (χ3v) is 7.45. The number of rotatable bonds is 4. The normalized spacial score (nSPS) is 22.5. The van der Waals surface area contributed by atoms with Crippen molar-refractivity contribution in [3.63, 3.8) is 0 Å². The molecule has 1 atom stereocenters. The van der Waals surface area contributed by atoms with Crippen LogP contribution in [-0.4, -0.2) is 85.3 Å². The van der Waals surface area contributed by atoms with Crippen LogP contribution in [0.15, 0.2) is 24.3 Å². The van der Waals surface area contributed by atoms with Crippen LogP contribution in [0.25, 0.3) is 0 Å². The molecule has 2 fully saturated rings. The lowest BCUT2D eigenvalue weighted by molar-refractivity contribution is 0.00447. The zero-order valence-corrected chi connectivity index (χ0v) is 20.5. The summed E-state index contributed by atoms with van der Waals surface area (Å²) in [6.07, 6.45) is 3.49. The first-order chi connectivity index (χ1) is 14.4. The third-order valence-electron chi connectivity index (χ3n) is 5.93. The first-order valence-corrected chi connectivity index (χ1v) is 13.1. The molecule has 0 saturated carbocycles. The maximum atomic E-state index is 12.4. The number of benzene rings is 1. The molecule has 9 heteroatoms. The number of hydrogen-bond acceptors (Lipinski definition) is 5. The van der Waals surface area contributed by atoms with Gasteiger partial charge in [0.15, 0.2) is 0 Å². The van der Waals surface area contributed by atoms with Gasteiger partial charge in [-0.25, -0.2) is 13.2 Å². The van der Waals surface area contributed by atoms with E-state index < -0.39 is 15.6 Å². The van der Waals surface area contributed by atoms with E-state index in [-0.39, 0.29) is 12.1 Å². The van der Waals surface area contributed by atoms with Crippen molar-refractivity contribution in [2.45, 2.75) is 57.7 Å². The molecule has 1 aromatic rings. The van der Waals surface area contributed by atoms with Crippen LogP contribution in [0.4, 0.5) is 4.79 Å². The highest BCUT2D eigenvalue weighted by molar-refractivity contribution is 7.88. The second kappa shape index (κ2) is 9.65. The Morgan fingerprint density at radius 1 is 1.10 bits per heavy atom. The standard InChI is InChI=1S/C22H34ClN3O4S/c1-22(2,3)30-21(27)24-11-9-19(10-12-24)26-14-13-25(31(4,28)29)16-20(26)15-17-5-7-18(23)8-6-17/h5-8,19-20H,9-16H2,1-4H3. The Kier molecular flexibility index (Phi) is 7.56. The minimum absolute atomic E-state index is 0.0859. The summed E-state index contributed by atoms with van der Waals surface area (Å²) in [6, 6.07) is 8.16. The fraction of sp³-hybridized carbons (Fsp3) is 0.682. The summed E-state index contributed by atoms with van der Waals surface area (Å²) in [5.41, 5.74) is 0.639. The summed E-state index contributed by atoms with van der Waals surface area (Å²) in [4.78, 5) is 16.6. The molecule has 0 aromatic heterocycles. The molecule has 3 rings (SSSR count). The number of likely N-dealkylation sites (tertiary alicyclic amines) is 1. The van der Waals surface area contributed by atoms with Crippen LogP contribution in [0, 0.1) is 0 Å². The molecular weight excluding hydrogens is 438 g/mol. The van der Waals surface area contributed by atoms with Gasteiger partial charge in [0.05, 0.1) is 6.26 Å². The molecule has 0 radical (unpaired) electrons. The molecule has 0 N–H and O–H groups in total. The number of sulfonamides is 1. The van der Waals surface area contributed by atoms with E-state index in [4.69, 9.17) is 16.3 Å². The maximum absolute atomic E-state index is 12.4. The van der Waals surface area contributed by atoms with Crippen molar-refractivity contribution >= 4 is 27.7 Å². The molecule has 174 valence electrons. The van der Waals surface area contributed by atoms with E-state index in [1.165, 1.54) is 6.26 Å². The van der Waals surface area contributed by atoms with Crippen molar-refractivity contribution in [2.24, 2.45) is 0 Å². The van der Waals surface area contributed by atoms with E-state index >= 15 is 0 Å². The van der Waals surface area contributed by atoms with Gasteiger partial charge in [-0.1, -0.05) is 23.7 Å². The molecule has 31 heavy (non-hydrogen) atoms. The van der Waals surface area contributed by atoms with Crippen LogP contribution >= 0.6 is 11.6 Å². The van der Waals surface area contributed by atoms with Gasteiger partial charge >= 0.3 is 6.09 Å². The molecule has 2 aliphatic rings. The number of nitrogens with zero attached hydrogens (tertiary/aromatic N) is 3. The zero-order valence-electron chi connectivity index (χ0n) is 18.9. The highest BCUT2D eigenvalue weighted by atomic mass is 35.5. The number of carbonyl (C=O) groups excluding carboxylic acids is 1. The minimum atomic E-state index is -3.23. The molecule has 2 aliphatic heterocycles. The molecule has 1 amide bonds. The Morgan fingerprint density at radius 2 is 1.71 bits per heavy atom. The van der Waals surface area contributed by atoms with Crippen molar-refractivity contribution in [3.05, 3.63) is 34.9 Å². The van der Waals surface area contributed by atoms with Crippen LogP contribution in [0.1, 0.15) is 39.2 Å². The van der Waals surface area contributed by atoms with Crippen LogP contribution in [0.3, 0.4) is 0 Å². The summed E-state index contributed by atoms with van der Waals surface area (Å²) in [6.45, 7) is 8.61. The molecule has 1 aromatic carbocycles. The smallest absolute Gasteiger partial charge is 0.410 e. The molecule has 0 bridgehead atoms. The largest absolute Gasteiger partial charge is 0.444 e. The second-order valence-electron chi connectivity index (χ2n) is 9.54. The summed E-state index contributed by atoms with van der Waals surface area (Å²) >= 11 is 6.03. The molecule has 0 spiro atoms.